The second-order valence-corrected chi connectivity index (χ2v) is 9.72. The molecule has 0 radical (unpaired) electrons. The van der Waals surface area contributed by atoms with E-state index in [0.29, 0.717) is 0 Å². The summed E-state index contributed by atoms with van der Waals surface area (Å²) in [7, 11) is 0. The first-order valence-electron chi connectivity index (χ1n) is 10.7. The van der Waals surface area contributed by atoms with Crippen molar-refractivity contribution in [1.29, 1.82) is 0 Å². The molecule has 0 aliphatic rings. The van der Waals surface area contributed by atoms with Gasteiger partial charge in [0.2, 0.25) is 5.03 Å². The van der Waals surface area contributed by atoms with Gasteiger partial charge in [-0.3, -0.25) is 0 Å². The minimum absolute atomic E-state index is 0. The van der Waals surface area contributed by atoms with Crippen LogP contribution in [0.5, 0.6) is 0 Å². The number of hydrogen-bond donors (Lipinski definition) is 0. The molecule has 6 heteroatoms. The maximum Gasteiger partial charge on any atom is 0.240 e. The lowest BCUT2D eigenvalue weighted by atomic mass is 10.3. The second kappa shape index (κ2) is 17.3. The van der Waals surface area contributed by atoms with Gasteiger partial charge in [0.1, 0.15) is 11.2 Å². The minimum Gasteiger partial charge on any atom is -1.00 e. The molecule has 0 amide bonds. The van der Waals surface area contributed by atoms with Gasteiger partial charge < -0.3 is 17.0 Å². The van der Waals surface area contributed by atoms with Crippen LogP contribution in [0.2, 0.25) is 0 Å². The number of pyridine rings is 2. The Balaban J connectivity index is 0.000000344. The maximum atomic E-state index is 5.13. The molecule has 0 atom stereocenters. The number of benzene rings is 1. The monoisotopic (exact) mass is 492 g/mol. The number of halogens is 1. The second-order valence-electron chi connectivity index (χ2n) is 6.89. The fraction of sp³-hybridized carbons (Fsp3) is 0.360. The summed E-state index contributed by atoms with van der Waals surface area (Å²) >= 11 is 8.94. The van der Waals surface area contributed by atoms with E-state index >= 15 is 0 Å². The highest BCUT2D eigenvalue weighted by Crippen LogP contribution is 2.25. The Labute approximate surface area is 207 Å². The molecular formula is C25H33ClN2S3. The van der Waals surface area contributed by atoms with Gasteiger partial charge in [-0.2, -0.15) is 4.57 Å². The molecule has 0 saturated heterocycles. The lowest BCUT2D eigenvalue weighted by Gasteiger charge is -2.03. The first kappa shape index (κ1) is 27.8. The standard InChI is InChI=1S/C16H20NS2.C9H13NS.ClH/c1-2-3-12-17-13-8-7-11-16(17)19-14-18-15-9-5-4-6-10-15;1-2-3-7-10-8-5-4-6-9(10)11;/h4-11,13H,2-3,12,14H2,1H3;4-6,8H,2-3,7H2,1H3;1H/q+1;;/p-1. The first-order valence-corrected chi connectivity index (χ1v) is 13.1. The average Bonchev–Trinajstić information content (AvgIpc) is 2.79. The Kier molecular flexibility index (Phi) is 15.5. The first-order chi connectivity index (χ1) is 14.7. The van der Waals surface area contributed by atoms with E-state index in [4.69, 9.17) is 12.2 Å². The summed E-state index contributed by atoms with van der Waals surface area (Å²) < 4.78 is 5.40. The van der Waals surface area contributed by atoms with Gasteiger partial charge in [-0.1, -0.05) is 63.2 Å². The highest BCUT2D eigenvalue weighted by molar-refractivity contribution is 8.15. The summed E-state index contributed by atoms with van der Waals surface area (Å²) in [5.41, 5.74) is 0. The van der Waals surface area contributed by atoms with E-state index in [1.807, 2.05) is 47.9 Å². The summed E-state index contributed by atoms with van der Waals surface area (Å²) in [6, 6.07) is 23.0. The van der Waals surface area contributed by atoms with Gasteiger partial charge in [-0.25, -0.2) is 0 Å². The smallest absolute Gasteiger partial charge is 0.240 e. The van der Waals surface area contributed by atoms with Crippen LogP contribution in [0, 0.1) is 4.64 Å². The lowest BCUT2D eigenvalue weighted by Crippen LogP contribution is -3.00. The number of unbranched alkanes of at least 4 members (excludes halogenated alkanes) is 2. The zero-order chi connectivity index (χ0) is 21.4. The summed E-state index contributed by atoms with van der Waals surface area (Å²) in [6.07, 6.45) is 9.14. The van der Waals surface area contributed by atoms with Gasteiger partial charge in [0.15, 0.2) is 6.20 Å². The molecule has 0 aliphatic carbocycles. The van der Waals surface area contributed by atoms with E-state index in [2.05, 4.69) is 77.7 Å². The summed E-state index contributed by atoms with van der Waals surface area (Å²) in [6.45, 7) is 6.60. The zero-order valence-electron chi connectivity index (χ0n) is 18.5. The SMILES string of the molecule is CCCC[n+]1ccccc1SCSc1ccccc1.CCCCn1ccccc1=S.[Cl-]. The molecule has 0 bridgehead atoms. The molecule has 0 saturated carbocycles. The normalized spacial score (nSPS) is 10.0. The lowest BCUT2D eigenvalue weighted by molar-refractivity contribution is -0.733. The van der Waals surface area contributed by atoms with E-state index in [9.17, 15) is 0 Å². The minimum atomic E-state index is 0. The molecule has 0 N–H and O–H groups in total. The van der Waals surface area contributed by atoms with Crippen LogP contribution < -0.4 is 17.0 Å². The summed E-state index contributed by atoms with van der Waals surface area (Å²) in [4.78, 5) is 1.34. The fourth-order valence-corrected chi connectivity index (χ4v) is 5.09. The molecular weight excluding hydrogens is 460 g/mol. The molecule has 1 aromatic carbocycles. The fourth-order valence-electron chi connectivity index (χ4n) is 2.75. The van der Waals surface area contributed by atoms with Crippen LogP contribution in [-0.4, -0.2) is 9.65 Å². The highest BCUT2D eigenvalue weighted by Gasteiger charge is 2.09. The molecule has 0 fully saturated rings. The number of hydrogen-bond acceptors (Lipinski definition) is 3. The maximum absolute atomic E-state index is 5.13. The van der Waals surface area contributed by atoms with Gasteiger partial charge in [0, 0.05) is 36.2 Å². The molecule has 3 aromatic rings. The van der Waals surface area contributed by atoms with Gasteiger partial charge in [0.05, 0.1) is 5.08 Å². The Morgan fingerprint density at radius 3 is 2.26 bits per heavy atom. The zero-order valence-corrected chi connectivity index (χ0v) is 21.7. The number of rotatable bonds is 10. The third-order valence-electron chi connectivity index (χ3n) is 4.48. The van der Waals surface area contributed by atoms with E-state index in [0.717, 1.165) is 22.8 Å². The third kappa shape index (κ3) is 11.2. The van der Waals surface area contributed by atoms with Crippen LogP contribution in [0.1, 0.15) is 39.5 Å². The molecule has 0 spiro atoms. The number of nitrogens with zero attached hydrogens (tertiary/aromatic N) is 2. The van der Waals surface area contributed by atoms with Crippen molar-refractivity contribution < 1.29 is 17.0 Å². The van der Waals surface area contributed by atoms with Gasteiger partial charge in [0.25, 0.3) is 0 Å². The van der Waals surface area contributed by atoms with Crippen LogP contribution in [0.4, 0.5) is 0 Å². The van der Waals surface area contributed by atoms with Crippen molar-refractivity contribution in [2.75, 3.05) is 5.08 Å². The van der Waals surface area contributed by atoms with Crippen LogP contribution in [0.15, 0.2) is 89.0 Å². The van der Waals surface area contributed by atoms with Crippen molar-refractivity contribution in [1.82, 2.24) is 4.57 Å². The van der Waals surface area contributed by atoms with E-state index in [1.54, 1.807) is 0 Å². The summed E-state index contributed by atoms with van der Waals surface area (Å²) in [5, 5.41) is 2.42. The van der Waals surface area contributed by atoms with Crippen LogP contribution in [0.25, 0.3) is 0 Å². The Morgan fingerprint density at radius 1 is 0.839 bits per heavy atom. The molecule has 2 nitrogen and oxygen atoms in total. The molecule has 3 rings (SSSR count). The third-order valence-corrected chi connectivity index (χ3v) is 7.06. The van der Waals surface area contributed by atoms with Crippen molar-refractivity contribution in [3.8, 4) is 0 Å². The van der Waals surface area contributed by atoms with Gasteiger partial charge in [-0.15, -0.1) is 11.8 Å². The van der Waals surface area contributed by atoms with E-state index in [-0.39, 0.29) is 12.4 Å². The predicted octanol–water partition coefficient (Wildman–Crippen LogP) is 4.64. The quantitative estimate of drug-likeness (QED) is 0.176. The molecule has 31 heavy (non-hydrogen) atoms. The molecule has 0 unspecified atom stereocenters. The van der Waals surface area contributed by atoms with Crippen molar-refractivity contribution in [2.45, 2.75) is 62.5 Å². The van der Waals surface area contributed by atoms with Crippen molar-refractivity contribution >= 4 is 35.7 Å². The average molecular weight is 493 g/mol. The number of aromatic nitrogens is 2. The van der Waals surface area contributed by atoms with Gasteiger partial charge in [-0.05, 0) is 48.5 Å². The molecule has 0 aliphatic heterocycles. The van der Waals surface area contributed by atoms with Gasteiger partial charge >= 0.3 is 0 Å². The summed E-state index contributed by atoms with van der Waals surface area (Å²) in [5.74, 6) is 0. The topological polar surface area (TPSA) is 8.81 Å². The van der Waals surface area contributed by atoms with Crippen molar-refractivity contribution in [3.63, 3.8) is 0 Å². The van der Waals surface area contributed by atoms with E-state index < -0.39 is 0 Å². The molecule has 168 valence electrons. The van der Waals surface area contributed by atoms with Crippen molar-refractivity contribution in [3.05, 3.63) is 83.8 Å². The number of aryl methyl sites for hydroxylation is 2. The highest BCUT2D eigenvalue weighted by atomic mass is 35.5. The van der Waals surface area contributed by atoms with Crippen LogP contribution in [0.3, 0.4) is 0 Å². The molecule has 2 aromatic heterocycles. The van der Waals surface area contributed by atoms with Crippen LogP contribution in [-0.2, 0) is 13.1 Å². The predicted molar refractivity (Wildman–Crippen MR) is 135 cm³/mol. The largest absolute Gasteiger partial charge is 1.00 e. The molecule has 2 heterocycles. The van der Waals surface area contributed by atoms with Crippen LogP contribution >= 0.6 is 35.7 Å². The Morgan fingerprint density at radius 2 is 1.55 bits per heavy atom. The Bertz CT molecular complexity index is 900. The van der Waals surface area contributed by atoms with Crippen molar-refractivity contribution in [2.24, 2.45) is 0 Å². The number of thioether (sulfide) groups is 2. The van der Waals surface area contributed by atoms with E-state index in [1.165, 1.54) is 35.6 Å². The Hall–Kier alpha value is -1.27.